The van der Waals surface area contributed by atoms with E-state index in [1.54, 1.807) is 14.0 Å². The molecule has 0 amide bonds. The fourth-order valence-electron chi connectivity index (χ4n) is 1.92. The minimum atomic E-state index is -3.17. The summed E-state index contributed by atoms with van der Waals surface area (Å²) in [6.07, 6.45) is 1.50. The van der Waals surface area contributed by atoms with Crippen molar-refractivity contribution >= 4 is 21.6 Å². The normalized spacial score (nSPS) is 21.1. The summed E-state index contributed by atoms with van der Waals surface area (Å²) in [7, 11) is -1.57. The summed E-state index contributed by atoms with van der Waals surface area (Å²) in [6.45, 7) is 1.59. The standard InChI is InChI=1S/C10H13N3O4S/c1-6-8(10(14)15)9(13(2)12-6)11-7-3-4-18(16,17)5-7/h3-4,7,11H,5H2,1-2H3,(H,14,15). The summed E-state index contributed by atoms with van der Waals surface area (Å²) in [5.41, 5.74) is 0.451. The number of anilines is 1. The molecule has 0 aromatic carbocycles. The lowest BCUT2D eigenvalue weighted by Crippen LogP contribution is -2.23. The zero-order chi connectivity index (χ0) is 13.5. The third-order valence-electron chi connectivity index (χ3n) is 2.69. The Balaban J connectivity index is 2.31. The van der Waals surface area contributed by atoms with Gasteiger partial charge in [-0.05, 0) is 13.0 Å². The Morgan fingerprint density at radius 3 is 2.78 bits per heavy atom. The van der Waals surface area contributed by atoms with Crippen molar-refractivity contribution in [2.45, 2.75) is 13.0 Å². The minimum Gasteiger partial charge on any atom is -0.477 e. The maximum atomic E-state index is 11.3. The average Bonchev–Trinajstić information content (AvgIpc) is 2.68. The van der Waals surface area contributed by atoms with Crippen LogP contribution in [0.4, 0.5) is 5.82 Å². The molecule has 2 rings (SSSR count). The quantitative estimate of drug-likeness (QED) is 0.811. The lowest BCUT2D eigenvalue weighted by molar-refractivity contribution is 0.0697. The van der Waals surface area contributed by atoms with E-state index in [0.29, 0.717) is 11.5 Å². The molecule has 18 heavy (non-hydrogen) atoms. The highest BCUT2D eigenvalue weighted by molar-refractivity contribution is 7.94. The van der Waals surface area contributed by atoms with E-state index in [0.717, 1.165) is 5.41 Å². The number of sulfone groups is 1. The van der Waals surface area contributed by atoms with Crippen LogP contribution in [0.2, 0.25) is 0 Å². The van der Waals surface area contributed by atoms with Gasteiger partial charge in [-0.2, -0.15) is 5.10 Å². The Morgan fingerprint density at radius 1 is 1.61 bits per heavy atom. The van der Waals surface area contributed by atoms with Crippen molar-refractivity contribution in [1.82, 2.24) is 9.78 Å². The molecule has 0 fully saturated rings. The molecule has 0 bridgehead atoms. The first-order chi connectivity index (χ1) is 8.30. The smallest absolute Gasteiger partial charge is 0.341 e. The average molecular weight is 271 g/mol. The van der Waals surface area contributed by atoms with Gasteiger partial charge in [0.15, 0.2) is 9.84 Å². The Hall–Kier alpha value is -1.83. The molecule has 2 heterocycles. The van der Waals surface area contributed by atoms with Crippen LogP contribution < -0.4 is 5.32 Å². The first-order valence-corrected chi connectivity index (χ1v) is 6.96. The molecule has 1 atom stereocenters. The molecule has 1 aliphatic rings. The third kappa shape index (κ3) is 2.23. The molecule has 7 nitrogen and oxygen atoms in total. The third-order valence-corrected chi connectivity index (χ3v) is 4.08. The van der Waals surface area contributed by atoms with Gasteiger partial charge in [-0.1, -0.05) is 0 Å². The van der Waals surface area contributed by atoms with Crippen LogP contribution in [-0.2, 0) is 16.9 Å². The van der Waals surface area contributed by atoms with E-state index < -0.39 is 21.8 Å². The molecule has 1 unspecified atom stereocenters. The predicted molar refractivity (Wildman–Crippen MR) is 65.2 cm³/mol. The lowest BCUT2D eigenvalue weighted by Gasteiger charge is -2.12. The number of aromatic nitrogens is 2. The summed E-state index contributed by atoms with van der Waals surface area (Å²) in [4.78, 5) is 11.1. The molecular weight excluding hydrogens is 258 g/mol. The first kappa shape index (κ1) is 12.6. The summed E-state index contributed by atoms with van der Waals surface area (Å²) >= 11 is 0. The van der Waals surface area contributed by atoms with Gasteiger partial charge >= 0.3 is 5.97 Å². The van der Waals surface area contributed by atoms with Gasteiger partial charge in [0.2, 0.25) is 0 Å². The molecule has 0 saturated heterocycles. The summed E-state index contributed by atoms with van der Waals surface area (Å²) < 4.78 is 23.9. The summed E-state index contributed by atoms with van der Waals surface area (Å²) in [6, 6.07) is -0.428. The molecule has 1 aromatic heterocycles. The predicted octanol–water partition coefficient (Wildman–Crippen LogP) is 0.149. The minimum absolute atomic E-state index is 0.0650. The number of hydrogen-bond donors (Lipinski definition) is 2. The van der Waals surface area contributed by atoms with Crippen LogP contribution >= 0.6 is 0 Å². The molecular formula is C10H13N3O4S. The van der Waals surface area contributed by atoms with Crippen molar-refractivity contribution in [2.75, 3.05) is 11.1 Å². The highest BCUT2D eigenvalue weighted by Gasteiger charge is 2.26. The van der Waals surface area contributed by atoms with Gasteiger partial charge in [-0.15, -0.1) is 0 Å². The van der Waals surface area contributed by atoms with E-state index in [4.69, 9.17) is 5.11 Å². The number of aromatic carboxylic acids is 1. The van der Waals surface area contributed by atoms with Crippen LogP contribution in [0.1, 0.15) is 16.1 Å². The zero-order valence-corrected chi connectivity index (χ0v) is 10.7. The van der Waals surface area contributed by atoms with Crippen LogP contribution in [0.25, 0.3) is 0 Å². The van der Waals surface area contributed by atoms with E-state index in [2.05, 4.69) is 10.4 Å². The SMILES string of the molecule is Cc1nn(C)c(NC2C=CS(=O)(=O)C2)c1C(=O)O. The molecule has 0 saturated carbocycles. The number of rotatable bonds is 3. The molecule has 0 radical (unpaired) electrons. The van der Waals surface area contributed by atoms with Gasteiger partial charge in [0.05, 0.1) is 17.5 Å². The van der Waals surface area contributed by atoms with Gasteiger partial charge in [0, 0.05) is 12.5 Å². The Bertz CT molecular complexity index is 630. The Morgan fingerprint density at radius 2 is 2.28 bits per heavy atom. The maximum absolute atomic E-state index is 11.3. The van der Waals surface area contributed by atoms with Gasteiger partial charge in [0.25, 0.3) is 0 Å². The molecule has 8 heteroatoms. The number of aryl methyl sites for hydroxylation is 2. The number of carboxylic acid groups (broad SMARTS) is 1. The van der Waals surface area contributed by atoms with Crippen LogP contribution in [0, 0.1) is 6.92 Å². The van der Waals surface area contributed by atoms with Crippen LogP contribution in [0.15, 0.2) is 11.5 Å². The van der Waals surface area contributed by atoms with Crippen LogP contribution in [-0.4, -0.2) is 41.1 Å². The monoisotopic (exact) mass is 271 g/mol. The van der Waals surface area contributed by atoms with Gasteiger partial charge < -0.3 is 10.4 Å². The molecule has 1 aliphatic heterocycles. The fraction of sp³-hybridized carbons (Fsp3) is 0.400. The first-order valence-electron chi connectivity index (χ1n) is 5.24. The van der Waals surface area contributed by atoms with Gasteiger partial charge in [-0.3, -0.25) is 4.68 Å². The fourth-order valence-corrected chi connectivity index (χ4v) is 3.16. The number of nitrogens with one attached hydrogen (secondary N) is 1. The summed E-state index contributed by atoms with van der Waals surface area (Å²) in [5.74, 6) is -0.851. The van der Waals surface area contributed by atoms with Crippen molar-refractivity contribution in [3.05, 3.63) is 22.7 Å². The number of nitrogens with zero attached hydrogens (tertiary/aromatic N) is 2. The van der Waals surface area contributed by atoms with E-state index in [1.165, 1.54) is 10.8 Å². The highest BCUT2D eigenvalue weighted by Crippen LogP contribution is 2.21. The van der Waals surface area contributed by atoms with Crippen molar-refractivity contribution in [3.63, 3.8) is 0 Å². The largest absolute Gasteiger partial charge is 0.477 e. The molecule has 98 valence electrons. The van der Waals surface area contributed by atoms with Crippen molar-refractivity contribution < 1.29 is 18.3 Å². The Labute approximate surface area is 104 Å². The lowest BCUT2D eigenvalue weighted by atomic mass is 10.2. The molecule has 0 aliphatic carbocycles. The van der Waals surface area contributed by atoms with E-state index in [-0.39, 0.29) is 11.3 Å². The summed E-state index contributed by atoms with van der Waals surface area (Å²) in [5, 5.41) is 17.1. The topological polar surface area (TPSA) is 101 Å². The second kappa shape index (κ2) is 4.13. The van der Waals surface area contributed by atoms with Crippen LogP contribution in [0.5, 0.6) is 0 Å². The second-order valence-electron chi connectivity index (χ2n) is 4.15. The van der Waals surface area contributed by atoms with Gasteiger partial charge in [-0.25, -0.2) is 13.2 Å². The second-order valence-corrected chi connectivity index (χ2v) is 6.08. The van der Waals surface area contributed by atoms with Crippen molar-refractivity contribution in [3.8, 4) is 0 Å². The number of carboxylic acids is 1. The number of carbonyl (C=O) groups is 1. The molecule has 0 spiro atoms. The van der Waals surface area contributed by atoms with E-state index in [9.17, 15) is 13.2 Å². The molecule has 1 aromatic rings. The van der Waals surface area contributed by atoms with Gasteiger partial charge in [0.1, 0.15) is 11.4 Å². The highest BCUT2D eigenvalue weighted by atomic mass is 32.2. The van der Waals surface area contributed by atoms with Crippen molar-refractivity contribution in [2.24, 2.45) is 7.05 Å². The number of hydrogen-bond acceptors (Lipinski definition) is 5. The van der Waals surface area contributed by atoms with E-state index in [1.807, 2.05) is 0 Å². The van der Waals surface area contributed by atoms with E-state index >= 15 is 0 Å². The zero-order valence-electron chi connectivity index (χ0n) is 9.91. The Kier molecular flexibility index (Phi) is 2.89. The van der Waals surface area contributed by atoms with Crippen molar-refractivity contribution in [1.29, 1.82) is 0 Å². The molecule has 2 N–H and O–H groups in total. The maximum Gasteiger partial charge on any atom is 0.341 e. The van der Waals surface area contributed by atoms with Crippen LogP contribution in [0.3, 0.4) is 0 Å².